The van der Waals surface area contributed by atoms with E-state index in [9.17, 15) is 8.42 Å². The van der Waals surface area contributed by atoms with E-state index in [0.717, 1.165) is 28.1 Å². The van der Waals surface area contributed by atoms with Crippen molar-refractivity contribution in [3.05, 3.63) is 15.6 Å². The van der Waals surface area contributed by atoms with E-state index in [4.69, 9.17) is 4.99 Å². The molecule has 1 aromatic rings. The van der Waals surface area contributed by atoms with E-state index in [0.29, 0.717) is 19.6 Å². The molecule has 1 aliphatic heterocycles. The van der Waals surface area contributed by atoms with Crippen LogP contribution in [0, 0.1) is 13.8 Å². The number of aryl methyl sites for hydroxylation is 2. The van der Waals surface area contributed by atoms with Gasteiger partial charge in [-0.15, -0.1) is 35.3 Å². The Morgan fingerprint density at radius 3 is 2.58 bits per heavy atom. The summed E-state index contributed by atoms with van der Waals surface area (Å²) in [6, 6.07) is 0. The number of thiazole rings is 1. The molecule has 2 rings (SSSR count). The van der Waals surface area contributed by atoms with Crippen molar-refractivity contribution < 1.29 is 8.42 Å². The Balaban J connectivity index is 0.00000288. The van der Waals surface area contributed by atoms with Crippen LogP contribution < -0.4 is 5.32 Å². The Bertz CT molecular complexity index is 698. The van der Waals surface area contributed by atoms with Crippen LogP contribution in [0.3, 0.4) is 0 Å². The lowest BCUT2D eigenvalue weighted by atomic mass is 10.2. The first-order valence-corrected chi connectivity index (χ1v) is 10.3. The first-order valence-electron chi connectivity index (χ1n) is 7.85. The smallest absolute Gasteiger partial charge is 0.194 e. The summed E-state index contributed by atoms with van der Waals surface area (Å²) in [6.45, 7) is 11.9. The minimum absolute atomic E-state index is 0. The molecular weight excluding hydrogens is 459 g/mol. The van der Waals surface area contributed by atoms with Crippen molar-refractivity contribution in [2.45, 2.75) is 45.9 Å². The van der Waals surface area contributed by atoms with Gasteiger partial charge in [0, 0.05) is 24.5 Å². The molecule has 1 aliphatic rings. The molecule has 0 aromatic carbocycles. The van der Waals surface area contributed by atoms with Crippen LogP contribution in [0.1, 0.15) is 36.3 Å². The van der Waals surface area contributed by atoms with E-state index >= 15 is 0 Å². The highest BCUT2D eigenvalue weighted by Crippen LogP contribution is 2.24. The summed E-state index contributed by atoms with van der Waals surface area (Å²) in [4.78, 5) is 12.3. The van der Waals surface area contributed by atoms with Crippen molar-refractivity contribution in [3.63, 3.8) is 0 Å². The van der Waals surface area contributed by atoms with Gasteiger partial charge in [0.2, 0.25) is 0 Å². The van der Waals surface area contributed by atoms with E-state index in [1.807, 2.05) is 25.7 Å². The van der Waals surface area contributed by atoms with Crippen molar-refractivity contribution in [2.75, 3.05) is 25.4 Å². The van der Waals surface area contributed by atoms with Crippen molar-refractivity contribution in [1.29, 1.82) is 0 Å². The molecule has 9 heteroatoms. The second-order valence-electron chi connectivity index (χ2n) is 6.41. The van der Waals surface area contributed by atoms with Crippen LogP contribution in [-0.4, -0.2) is 54.4 Å². The Morgan fingerprint density at radius 2 is 2.08 bits per heavy atom. The maximum atomic E-state index is 12.2. The normalized spacial score (nSPS) is 19.7. The molecule has 0 atom stereocenters. The number of hydrogen-bond acceptors (Lipinski definition) is 5. The van der Waals surface area contributed by atoms with Crippen LogP contribution in [0.4, 0.5) is 0 Å². The number of nitrogens with zero attached hydrogens (tertiary/aromatic N) is 3. The van der Waals surface area contributed by atoms with Gasteiger partial charge in [0.15, 0.2) is 15.8 Å². The molecule has 0 radical (unpaired) electrons. The van der Waals surface area contributed by atoms with Gasteiger partial charge in [-0.05, 0) is 34.6 Å². The lowest BCUT2D eigenvalue weighted by molar-refractivity contribution is 0.353. The molecule has 0 spiro atoms. The van der Waals surface area contributed by atoms with Gasteiger partial charge in [0.1, 0.15) is 0 Å². The average Bonchev–Trinajstić information content (AvgIpc) is 2.76. The predicted molar refractivity (Wildman–Crippen MR) is 111 cm³/mol. The van der Waals surface area contributed by atoms with Crippen LogP contribution in [0.15, 0.2) is 4.99 Å². The summed E-state index contributed by atoms with van der Waals surface area (Å²) in [6.07, 6.45) is 0. The molecule has 24 heavy (non-hydrogen) atoms. The topological polar surface area (TPSA) is 74.7 Å². The second-order valence-corrected chi connectivity index (χ2v) is 10.4. The first-order chi connectivity index (χ1) is 10.7. The van der Waals surface area contributed by atoms with Crippen LogP contribution in [0.5, 0.6) is 0 Å². The maximum absolute atomic E-state index is 12.2. The number of halogens is 1. The molecule has 1 aromatic heterocycles. The monoisotopic (exact) mass is 486 g/mol. The summed E-state index contributed by atoms with van der Waals surface area (Å²) in [5.74, 6) is 0.948. The fraction of sp³-hybridized carbons (Fsp3) is 0.733. The van der Waals surface area contributed by atoms with Gasteiger partial charge in [0.25, 0.3) is 0 Å². The van der Waals surface area contributed by atoms with Gasteiger partial charge < -0.3 is 10.2 Å². The maximum Gasteiger partial charge on any atom is 0.194 e. The third-order valence-electron chi connectivity index (χ3n) is 4.05. The molecule has 0 aliphatic carbocycles. The van der Waals surface area contributed by atoms with Crippen LogP contribution in [0.25, 0.3) is 0 Å². The van der Waals surface area contributed by atoms with Gasteiger partial charge in [-0.25, -0.2) is 18.4 Å². The van der Waals surface area contributed by atoms with Gasteiger partial charge >= 0.3 is 0 Å². The molecule has 1 saturated heterocycles. The summed E-state index contributed by atoms with van der Waals surface area (Å²) >= 11 is 1.66. The minimum atomic E-state index is -3.05. The van der Waals surface area contributed by atoms with Crippen molar-refractivity contribution >= 4 is 51.1 Å². The summed E-state index contributed by atoms with van der Waals surface area (Å²) in [5, 5.41) is 4.32. The van der Waals surface area contributed by atoms with Crippen LogP contribution in [-0.2, 0) is 16.4 Å². The summed E-state index contributed by atoms with van der Waals surface area (Å²) < 4.78 is 23.6. The molecule has 6 nitrogen and oxygen atoms in total. The molecule has 2 heterocycles. The molecular formula is C15H27IN4O2S2. The van der Waals surface area contributed by atoms with Crippen molar-refractivity contribution in [1.82, 2.24) is 15.2 Å². The first kappa shape index (κ1) is 21.6. The fourth-order valence-corrected chi connectivity index (χ4v) is 4.84. The molecule has 0 bridgehead atoms. The predicted octanol–water partition coefficient (Wildman–Crippen LogP) is 2.35. The number of nitrogens with one attached hydrogen (secondary N) is 1. The number of hydrogen-bond donors (Lipinski definition) is 1. The Labute approximate surface area is 166 Å². The largest absolute Gasteiger partial charge is 0.357 e. The van der Waals surface area contributed by atoms with Crippen molar-refractivity contribution in [3.8, 4) is 0 Å². The van der Waals surface area contributed by atoms with Gasteiger partial charge in [-0.1, -0.05) is 0 Å². The van der Waals surface area contributed by atoms with E-state index in [1.54, 1.807) is 25.2 Å². The van der Waals surface area contributed by atoms with Gasteiger partial charge in [0.05, 0.1) is 27.7 Å². The zero-order chi connectivity index (χ0) is 17.3. The minimum Gasteiger partial charge on any atom is -0.357 e. The Hall–Kier alpha value is -0.420. The zero-order valence-corrected chi connectivity index (χ0v) is 18.9. The van der Waals surface area contributed by atoms with E-state index in [1.165, 1.54) is 0 Å². The van der Waals surface area contributed by atoms with E-state index in [2.05, 4.69) is 10.3 Å². The van der Waals surface area contributed by atoms with Crippen LogP contribution in [0.2, 0.25) is 0 Å². The van der Waals surface area contributed by atoms with Crippen molar-refractivity contribution in [2.24, 2.45) is 4.99 Å². The molecule has 0 unspecified atom stereocenters. The lowest BCUT2D eigenvalue weighted by Gasteiger charge is -2.39. The van der Waals surface area contributed by atoms with E-state index in [-0.39, 0.29) is 29.7 Å². The molecule has 1 N–H and O–H groups in total. The number of aromatic nitrogens is 1. The SMILES string of the molecule is CCNC(=NCc1sc(C)nc1C)N1CCS(=O)(=O)C(C)(C)C1.I. The molecule has 1 fully saturated rings. The summed E-state index contributed by atoms with van der Waals surface area (Å²) in [7, 11) is -3.05. The lowest BCUT2D eigenvalue weighted by Crippen LogP contribution is -2.57. The summed E-state index contributed by atoms with van der Waals surface area (Å²) in [5.41, 5.74) is 1.02. The number of guanidine groups is 1. The van der Waals surface area contributed by atoms with Crippen LogP contribution >= 0.6 is 35.3 Å². The zero-order valence-electron chi connectivity index (χ0n) is 14.9. The Morgan fingerprint density at radius 1 is 1.42 bits per heavy atom. The highest BCUT2D eigenvalue weighted by atomic mass is 127. The average molecular weight is 486 g/mol. The fourth-order valence-electron chi connectivity index (χ4n) is 2.62. The molecule has 0 amide bonds. The number of sulfone groups is 1. The highest BCUT2D eigenvalue weighted by Gasteiger charge is 2.40. The third-order valence-corrected chi connectivity index (χ3v) is 7.64. The number of rotatable bonds is 3. The molecule has 0 saturated carbocycles. The number of aliphatic imine (C=N–C) groups is 1. The van der Waals surface area contributed by atoms with Gasteiger partial charge in [-0.3, -0.25) is 0 Å². The Kier molecular flexibility index (Phi) is 7.48. The molecule has 138 valence electrons. The quantitative estimate of drug-likeness (QED) is 0.404. The van der Waals surface area contributed by atoms with E-state index < -0.39 is 14.6 Å². The highest BCUT2D eigenvalue weighted by molar-refractivity contribution is 14.0. The third kappa shape index (κ3) is 4.81. The second kappa shape index (κ2) is 8.31. The standard InChI is InChI=1S/C15H26N4O2S2.HI/c1-6-16-14(17-9-13-11(2)18-12(3)22-13)19-7-8-23(20,21)15(4,5)10-19;/h6-10H2,1-5H3,(H,16,17);1H. The van der Waals surface area contributed by atoms with Gasteiger partial charge in [-0.2, -0.15) is 0 Å².